The molecule has 2 fully saturated rings. The molecular weight excluding hydrogens is 174 g/mol. The third-order valence-corrected chi connectivity index (χ3v) is 2.90. The van der Waals surface area contributed by atoms with Gasteiger partial charge in [-0.05, 0) is 38.3 Å². The van der Waals surface area contributed by atoms with Gasteiger partial charge in [0.2, 0.25) is 0 Å². The minimum absolute atomic E-state index is 0. The molecule has 0 unspecified atom stereocenters. The van der Waals surface area contributed by atoms with Crippen LogP contribution in [0, 0.1) is 5.92 Å². The lowest BCUT2D eigenvalue weighted by Crippen LogP contribution is -2.42. The smallest absolute Gasteiger partial charge is 0.0674 e. The summed E-state index contributed by atoms with van der Waals surface area (Å²) in [7, 11) is 0. The van der Waals surface area contributed by atoms with Crippen LogP contribution in [-0.2, 0) is 0 Å². The summed E-state index contributed by atoms with van der Waals surface area (Å²) < 4.78 is 0. The largest absolute Gasteiger partial charge is 0.390 e. The van der Waals surface area contributed by atoms with Crippen LogP contribution < -0.4 is 5.32 Å². The van der Waals surface area contributed by atoms with Gasteiger partial charge in [-0.25, -0.2) is 0 Å². The molecule has 0 aromatic heterocycles. The van der Waals surface area contributed by atoms with Crippen molar-refractivity contribution in [3.05, 3.63) is 0 Å². The molecule has 1 aliphatic heterocycles. The van der Waals surface area contributed by atoms with E-state index in [4.69, 9.17) is 0 Å². The number of aliphatic hydroxyl groups is 1. The first-order valence-corrected chi connectivity index (χ1v) is 4.72. The van der Waals surface area contributed by atoms with Crippen LogP contribution in [0.2, 0.25) is 0 Å². The molecule has 0 aromatic carbocycles. The molecule has 1 heterocycles. The van der Waals surface area contributed by atoms with Crippen LogP contribution in [0.4, 0.5) is 0 Å². The molecule has 0 atom stereocenters. The summed E-state index contributed by atoms with van der Waals surface area (Å²) in [4.78, 5) is 0. The van der Waals surface area contributed by atoms with Crippen LogP contribution >= 0.6 is 12.4 Å². The Hall–Kier alpha value is 0.210. The van der Waals surface area contributed by atoms with E-state index in [1.54, 1.807) is 0 Å². The fraction of sp³-hybridized carbons (Fsp3) is 1.00. The van der Waals surface area contributed by atoms with E-state index in [2.05, 4.69) is 5.32 Å². The molecule has 2 rings (SSSR count). The highest BCUT2D eigenvalue weighted by Crippen LogP contribution is 2.39. The van der Waals surface area contributed by atoms with Crippen molar-refractivity contribution in [3.8, 4) is 0 Å². The Morgan fingerprint density at radius 2 is 1.83 bits per heavy atom. The van der Waals surface area contributed by atoms with Gasteiger partial charge in [-0.1, -0.05) is 12.8 Å². The Morgan fingerprint density at radius 1 is 1.25 bits per heavy atom. The predicted octanol–water partition coefficient (Wildman–Crippen LogP) is 1.32. The first-order valence-electron chi connectivity index (χ1n) is 4.72. The van der Waals surface area contributed by atoms with Gasteiger partial charge in [-0.15, -0.1) is 12.4 Å². The second-order valence-electron chi connectivity index (χ2n) is 4.12. The average molecular weight is 192 g/mol. The van der Waals surface area contributed by atoms with E-state index < -0.39 is 0 Å². The van der Waals surface area contributed by atoms with E-state index in [1.807, 2.05) is 0 Å². The van der Waals surface area contributed by atoms with Crippen LogP contribution in [0.25, 0.3) is 0 Å². The summed E-state index contributed by atoms with van der Waals surface area (Å²) in [6.45, 7) is 2.01. The Bertz CT molecular complexity index is 141. The zero-order chi connectivity index (χ0) is 7.73. The minimum Gasteiger partial charge on any atom is -0.390 e. The van der Waals surface area contributed by atoms with Crippen molar-refractivity contribution >= 4 is 12.4 Å². The van der Waals surface area contributed by atoms with Crippen molar-refractivity contribution in [3.63, 3.8) is 0 Å². The van der Waals surface area contributed by atoms with Crippen molar-refractivity contribution in [1.82, 2.24) is 5.32 Å². The highest BCUT2D eigenvalue weighted by molar-refractivity contribution is 5.85. The van der Waals surface area contributed by atoms with Crippen LogP contribution in [0.5, 0.6) is 0 Å². The van der Waals surface area contributed by atoms with Gasteiger partial charge in [0.1, 0.15) is 0 Å². The highest BCUT2D eigenvalue weighted by Gasteiger charge is 2.35. The number of piperidine rings is 1. The van der Waals surface area contributed by atoms with E-state index in [1.165, 1.54) is 12.8 Å². The molecule has 1 saturated heterocycles. The molecule has 0 amide bonds. The van der Waals surface area contributed by atoms with Crippen LogP contribution in [0.15, 0.2) is 0 Å². The van der Waals surface area contributed by atoms with Gasteiger partial charge in [0.25, 0.3) is 0 Å². The molecule has 2 aliphatic rings. The van der Waals surface area contributed by atoms with E-state index in [9.17, 15) is 5.11 Å². The summed E-state index contributed by atoms with van der Waals surface area (Å²) >= 11 is 0. The van der Waals surface area contributed by atoms with Gasteiger partial charge in [-0.3, -0.25) is 0 Å². The lowest BCUT2D eigenvalue weighted by atomic mass is 9.87. The van der Waals surface area contributed by atoms with E-state index in [0.717, 1.165) is 38.3 Å². The maximum absolute atomic E-state index is 10.0. The molecule has 2 nitrogen and oxygen atoms in total. The van der Waals surface area contributed by atoms with Crippen LogP contribution in [-0.4, -0.2) is 23.8 Å². The second kappa shape index (κ2) is 3.95. The van der Waals surface area contributed by atoms with Crippen LogP contribution in [0.3, 0.4) is 0 Å². The summed E-state index contributed by atoms with van der Waals surface area (Å²) in [6.07, 6.45) is 5.70. The number of nitrogens with one attached hydrogen (secondary N) is 1. The molecule has 2 N–H and O–H groups in total. The van der Waals surface area contributed by atoms with Gasteiger partial charge in [-0.2, -0.15) is 0 Å². The molecule has 0 aromatic rings. The summed E-state index contributed by atoms with van der Waals surface area (Å²) in [5.74, 6) is 0.859. The lowest BCUT2D eigenvalue weighted by Gasteiger charge is -2.32. The summed E-state index contributed by atoms with van der Waals surface area (Å²) in [5, 5.41) is 13.3. The van der Waals surface area contributed by atoms with Gasteiger partial charge in [0.05, 0.1) is 5.60 Å². The Balaban J connectivity index is 0.000000720. The maximum atomic E-state index is 10.0. The number of halogens is 1. The van der Waals surface area contributed by atoms with E-state index in [0.29, 0.717) is 0 Å². The SMILES string of the molecule is Cl.OC1(CC2CC2)CCNCC1. The van der Waals surface area contributed by atoms with Crippen molar-refractivity contribution in [1.29, 1.82) is 0 Å². The van der Waals surface area contributed by atoms with Crippen LogP contribution in [0.1, 0.15) is 32.1 Å². The van der Waals surface area contributed by atoms with Gasteiger partial charge in [0, 0.05) is 0 Å². The normalized spacial score (nSPS) is 27.8. The number of rotatable bonds is 2. The molecular formula is C9H18ClNO. The molecule has 0 radical (unpaired) electrons. The fourth-order valence-corrected chi connectivity index (χ4v) is 1.96. The molecule has 3 heteroatoms. The third-order valence-electron chi connectivity index (χ3n) is 2.90. The molecule has 0 bridgehead atoms. The average Bonchev–Trinajstić information content (AvgIpc) is 2.72. The fourth-order valence-electron chi connectivity index (χ4n) is 1.96. The van der Waals surface area contributed by atoms with Gasteiger partial charge >= 0.3 is 0 Å². The summed E-state index contributed by atoms with van der Waals surface area (Å²) in [5.41, 5.74) is -0.299. The third kappa shape index (κ3) is 2.61. The topological polar surface area (TPSA) is 32.3 Å². The van der Waals surface area contributed by atoms with Crippen molar-refractivity contribution in [2.75, 3.05) is 13.1 Å². The number of hydrogen-bond donors (Lipinski definition) is 2. The van der Waals surface area contributed by atoms with Gasteiger partial charge in [0.15, 0.2) is 0 Å². The lowest BCUT2D eigenvalue weighted by molar-refractivity contribution is -0.00239. The zero-order valence-electron chi connectivity index (χ0n) is 7.38. The maximum Gasteiger partial charge on any atom is 0.0674 e. The first kappa shape index (κ1) is 10.3. The minimum atomic E-state index is -0.299. The predicted molar refractivity (Wildman–Crippen MR) is 51.6 cm³/mol. The standard InChI is InChI=1S/C9H17NO.ClH/c11-9(7-8-1-2-8)3-5-10-6-4-9;/h8,10-11H,1-7H2;1H. The first-order chi connectivity index (χ1) is 5.29. The van der Waals surface area contributed by atoms with E-state index >= 15 is 0 Å². The van der Waals surface area contributed by atoms with Crippen molar-refractivity contribution in [2.24, 2.45) is 5.92 Å². The number of hydrogen-bond acceptors (Lipinski definition) is 2. The molecule has 12 heavy (non-hydrogen) atoms. The highest BCUT2D eigenvalue weighted by atomic mass is 35.5. The molecule has 0 spiro atoms. The monoisotopic (exact) mass is 191 g/mol. The van der Waals surface area contributed by atoms with Gasteiger partial charge < -0.3 is 10.4 Å². The molecule has 72 valence electrons. The quantitative estimate of drug-likeness (QED) is 0.690. The van der Waals surface area contributed by atoms with Crippen molar-refractivity contribution < 1.29 is 5.11 Å². The Labute approximate surface area is 80.1 Å². The molecule has 1 saturated carbocycles. The summed E-state index contributed by atoms with van der Waals surface area (Å²) in [6, 6.07) is 0. The Kier molecular flexibility index (Phi) is 3.38. The van der Waals surface area contributed by atoms with Crippen molar-refractivity contribution in [2.45, 2.75) is 37.7 Å². The second-order valence-corrected chi connectivity index (χ2v) is 4.12. The zero-order valence-corrected chi connectivity index (χ0v) is 8.20. The molecule has 1 aliphatic carbocycles. The Morgan fingerprint density at radius 3 is 2.33 bits per heavy atom. The van der Waals surface area contributed by atoms with E-state index in [-0.39, 0.29) is 18.0 Å².